The molecule has 1 N–H and O–H groups in total. The molecule has 0 aromatic heterocycles. The Bertz CT molecular complexity index is 840. The highest BCUT2D eigenvalue weighted by molar-refractivity contribution is 7.89. The number of amides is 2. The van der Waals surface area contributed by atoms with Crippen LogP contribution in [0.3, 0.4) is 0 Å². The lowest BCUT2D eigenvalue weighted by Crippen LogP contribution is -2.46. The van der Waals surface area contributed by atoms with Crippen molar-refractivity contribution >= 4 is 21.8 Å². The number of nitrogens with zero attached hydrogens (tertiary/aromatic N) is 2. The third-order valence-corrected chi connectivity index (χ3v) is 6.18. The molecular formula is C19H29N3O5S. The van der Waals surface area contributed by atoms with Crippen molar-refractivity contribution in [1.29, 1.82) is 0 Å². The maximum absolute atomic E-state index is 12.9. The highest BCUT2D eigenvalue weighted by Gasteiger charge is 2.28. The van der Waals surface area contributed by atoms with E-state index in [2.05, 4.69) is 5.32 Å². The van der Waals surface area contributed by atoms with Crippen molar-refractivity contribution in [1.82, 2.24) is 14.5 Å². The predicted molar refractivity (Wildman–Crippen MR) is 106 cm³/mol. The van der Waals surface area contributed by atoms with Gasteiger partial charge in [0.25, 0.3) is 5.91 Å². The number of rotatable bonds is 5. The molecule has 0 bridgehead atoms. The van der Waals surface area contributed by atoms with Gasteiger partial charge in [0.1, 0.15) is 0 Å². The van der Waals surface area contributed by atoms with Gasteiger partial charge in [0.2, 0.25) is 15.9 Å². The number of nitrogens with one attached hydrogen (secondary N) is 1. The van der Waals surface area contributed by atoms with E-state index >= 15 is 0 Å². The quantitative estimate of drug-likeness (QED) is 0.780. The molecule has 1 saturated heterocycles. The summed E-state index contributed by atoms with van der Waals surface area (Å²) in [4.78, 5) is 26.3. The minimum Gasteiger partial charge on any atom is -0.379 e. The summed E-state index contributed by atoms with van der Waals surface area (Å²) in [7, 11) is -2.18. The summed E-state index contributed by atoms with van der Waals surface area (Å²) in [6.45, 7) is 8.46. The van der Waals surface area contributed by atoms with Gasteiger partial charge in [-0.05, 0) is 45.4 Å². The Morgan fingerprint density at radius 2 is 1.82 bits per heavy atom. The molecule has 9 heteroatoms. The number of hydrogen-bond donors (Lipinski definition) is 1. The van der Waals surface area contributed by atoms with Crippen LogP contribution in [-0.4, -0.2) is 74.9 Å². The molecule has 1 fully saturated rings. The summed E-state index contributed by atoms with van der Waals surface area (Å²) >= 11 is 0. The Hall–Kier alpha value is -1.97. The number of morpholine rings is 1. The van der Waals surface area contributed by atoms with Crippen LogP contribution in [0.5, 0.6) is 0 Å². The fraction of sp³-hybridized carbons (Fsp3) is 0.579. The SMILES string of the molecule is Cc1ccc(S(=O)(=O)N2CCOCC2)cc1C(=O)N(C)CC(=O)NC(C)(C)C. The van der Waals surface area contributed by atoms with Crippen molar-refractivity contribution in [3.8, 4) is 0 Å². The van der Waals surface area contributed by atoms with E-state index in [1.807, 2.05) is 20.8 Å². The average molecular weight is 412 g/mol. The second-order valence-corrected chi connectivity index (χ2v) is 9.89. The van der Waals surface area contributed by atoms with Crippen molar-refractivity contribution in [2.75, 3.05) is 39.9 Å². The highest BCUT2D eigenvalue weighted by Crippen LogP contribution is 2.21. The van der Waals surface area contributed by atoms with Gasteiger partial charge in [-0.1, -0.05) is 6.07 Å². The molecule has 1 aliphatic heterocycles. The predicted octanol–water partition coefficient (Wildman–Crippen LogP) is 1.00. The summed E-state index contributed by atoms with van der Waals surface area (Å²) < 4.78 is 32.3. The normalized spacial score (nSPS) is 15.9. The van der Waals surface area contributed by atoms with Crippen molar-refractivity contribution in [3.63, 3.8) is 0 Å². The molecule has 0 spiro atoms. The first-order chi connectivity index (χ1) is 12.9. The average Bonchev–Trinajstić information content (AvgIpc) is 2.60. The monoisotopic (exact) mass is 411 g/mol. The van der Waals surface area contributed by atoms with Gasteiger partial charge in [0, 0.05) is 31.2 Å². The van der Waals surface area contributed by atoms with Gasteiger partial charge in [-0.3, -0.25) is 9.59 Å². The van der Waals surface area contributed by atoms with Gasteiger partial charge in [-0.25, -0.2) is 8.42 Å². The summed E-state index contributed by atoms with van der Waals surface area (Å²) in [5.74, 6) is -0.682. The molecule has 0 saturated carbocycles. The number of hydrogen-bond acceptors (Lipinski definition) is 5. The van der Waals surface area contributed by atoms with Gasteiger partial charge in [-0.15, -0.1) is 0 Å². The molecule has 0 radical (unpaired) electrons. The van der Waals surface area contributed by atoms with E-state index in [9.17, 15) is 18.0 Å². The van der Waals surface area contributed by atoms with Crippen LogP contribution < -0.4 is 5.32 Å². The number of likely N-dealkylation sites (N-methyl/N-ethyl adjacent to an activating group) is 1. The molecule has 8 nitrogen and oxygen atoms in total. The summed E-state index contributed by atoms with van der Waals surface area (Å²) in [5, 5.41) is 2.80. The zero-order valence-corrected chi connectivity index (χ0v) is 17.9. The van der Waals surface area contributed by atoms with Gasteiger partial charge in [0.15, 0.2) is 0 Å². The maximum atomic E-state index is 12.9. The summed E-state index contributed by atoms with van der Waals surface area (Å²) in [6.07, 6.45) is 0. The standard InChI is InChI=1S/C19H29N3O5S/c1-14-6-7-15(28(25,26)22-8-10-27-11-9-22)12-16(14)18(24)21(5)13-17(23)20-19(2,3)4/h6-7,12H,8-11,13H2,1-5H3,(H,20,23). The lowest BCUT2D eigenvalue weighted by Gasteiger charge is -2.26. The first-order valence-electron chi connectivity index (χ1n) is 9.17. The van der Waals surface area contributed by atoms with E-state index in [1.54, 1.807) is 13.0 Å². The molecule has 1 aromatic carbocycles. The molecule has 156 valence electrons. The van der Waals surface area contributed by atoms with Crippen LogP contribution in [0.25, 0.3) is 0 Å². The maximum Gasteiger partial charge on any atom is 0.254 e. The van der Waals surface area contributed by atoms with E-state index in [0.717, 1.165) is 0 Å². The third kappa shape index (κ3) is 5.52. The molecule has 1 aliphatic rings. The molecular weight excluding hydrogens is 382 g/mol. The number of carbonyl (C=O) groups excluding carboxylic acids is 2. The second-order valence-electron chi connectivity index (χ2n) is 7.95. The van der Waals surface area contributed by atoms with Gasteiger partial charge in [-0.2, -0.15) is 4.31 Å². The Kier molecular flexibility index (Phi) is 6.84. The Labute approximate surface area is 166 Å². The van der Waals surface area contributed by atoms with Crippen LogP contribution in [0.15, 0.2) is 23.1 Å². The molecule has 0 atom stereocenters. The zero-order valence-electron chi connectivity index (χ0n) is 17.1. The van der Waals surface area contributed by atoms with Crippen molar-refractivity contribution in [2.45, 2.75) is 38.1 Å². The first-order valence-corrected chi connectivity index (χ1v) is 10.6. The number of sulfonamides is 1. The number of aryl methyl sites for hydroxylation is 1. The number of ether oxygens (including phenoxy) is 1. The Morgan fingerprint density at radius 1 is 1.21 bits per heavy atom. The van der Waals surface area contributed by atoms with Crippen molar-refractivity contribution in [3.05, 3.63) is 29.3 Å². The molecule has 1 aromatic rings. The summed E-state index contributed by atoms with van der Waals surface area (Å²) in [6, 6.07) is 4.51. The van der Waals surface area contributed by atoms with E-state index in [4.69, 9.17) is 4.74 Å². The van der Waals surface area contributed by atoms with Gasteiger partial charge < -0.3 is 15.0 Å². The lowest BCUT2D eigenvalue weighted by molar-refractivity contribution is -0.122. The van der Waals surface area contributed by atoms with E-state index in [0.29, 0.717) is 18.8 Å². The van der Waals surface area contributed by atoms with E-state index in [1.165, 1.54) is 28.4 Å². The minimum absolute atomic E-state index is 0.0656. The molecule has 0 unspecified atom stereocenters. The fourth-order valence-corrected chi connectivity index (χ4v) is 4.31. The highest BCUT2D eigenvalue weighted by atomic mass is 32.2. The smallest absolute Gasteiger partial charge is 0.254 e. The van der Waals surface area contributed by atoms with Crippen molar-refractivity contribution < 1.29 is 22.7 Å². The Balaban J connectivity index is 2.22. The largest absolute Gasteiger partial charge is 0.379 e. The zero-order chi connectivity index (χ0) is 21.1. The minimum atomic E-state index is -3.70. The van der Waals surface area contributed by atoms with Crippen LogP contribution in [0, 0.1) is 6.92 Å². The first kappa shape index (κ1) is 22.3. The fourth-order valence-electron chi connectivity index (χ4n) is 2.88. The molecule has 2 rings (SSSR count). The van der Waals surface area contributed by atoms with Gasteiger partial charge >= 0.3 is 0 Å². The number of benzene rings is 1. The Morgan fingerprint density at radius 3 is 2.39 bits per heavy atom. The van der Waals surface area contributed by atoms with E-state index in [-0.39, 0.29) is 36.0 Å². The molecule has 28 heavy (non-hydrogen) atoms. The number of carbonyl (C=O) groups is 2. The third-order valence-electron chi connectivity index (χ3n) is 4.29. The van der Waals surface area contributed by atoms with E-state index < -0.39 is 21.5 Å². The topological polar surface area (TPSA) is 96.0 Å². The molecule has 2 amide bonds. The second kappa shape index (κ2) is 8.59. The van der Waals surface area contributed by atoms with Crippen LogP contribution in [0.1, 0.15) is 36.7 Å². The molecule has 0 aliphatic carbocycles. The van der Waals surface area contributed by atoms with Crippen LogP contribution in [0.4, 0.5) is 0 Å². The van der Waals surface area contributed by atoms with Crippen LogP contribution >= 0.6 is 0 Å². The summed E-state index contributed by atoms with van der Waals surface area (Å²) in [5.41, 5.74) is 0.512. The molecule has 1 heterocycles. The van der Waals surface area contributed by atoms with Crippen LogP contribution in [0.2, 0.25) is 0 Å². The van der Waals surface area contributed by atoms with Crippen LogP contribution in [-0.2, 0) is 19.6 Å². The van der Waals surface area contributed by atoms with Gasteiger partial charge in [0.05, 0.1) is 24.7 Å². The lowest BCUT2D eigenvalue weighted by atomic mass is 10.1. The van der Waals surface area contributed by atoms with Crippen molar-refractivity contribution in [2.24, 2.45) is 0 Å².